The average molecular weight is 410 g/mol. The molecule has 0 aliphatic heterocycles. The van der Waals surface area contributed by atoms with E-state index in [0.29, 0.717) is 22.7 Å². The van der Waals surface area contributed by atoms with E-state index >= 15 is 0 Å². The van der Waals surface area contributed by atoms with Gasteiger partial charge in [0.2, 0.25) is 0 Å². The fourth-order valence-corrected chi connectivity index (χ4v) is 3.96. The first-order valence-electron chi connectivity index (χ1n) is 8.94. The van der Waals surface area contributed by atoms with Gasteiger partial charge in [-0.3, -0.25) is 9.52 Å². The Morgan fingerprint density at radius 3 is 2.38 bits per heavy atom. The summed E-state index contributed by atoms with van der Waals surface area (Å²) in [6.07, 6.45) is 0. The standard InChI is InChI=1S/C22H22N2O4S/c1-15-11-12-19(29(26,27)24-21-10-5-4-7-16(21)2)14-20(15)22(25)23-17-8-6-9-18(13-17)28-3/h4-14,24H,1-3H3,(H,23,25). The summed E-state index contributed by atoms with van der Waals surface area (Å²) in [6, 6.07) is 18.5. The van der Waals surface area contributed by atoms with Crippen LogP contribution in [0.25, 0.3) is 0 Å². The fraction of sp³-hybridized carbons (Fsp3) is 0.136. The molecule has 0 aromatic heterocycles. The third-order valence-corrected chi connectivity index (χ3v) is 5.84. The summed E-state index contributed by atoms with van der Waals surface area (Å²) in [5.41, 5.74) is 2.80. The van der Waals surface area contributed by atoms with Gasteiger partial charge < -0.3 is 10.1 Å². The molecule has 0 saturated heterocycles. The van der Waals surface area contributed by atoms with Crippen molar-refractivity contribution in [2.45, 2.75) is 18.7 Å². The van der Waals surface area contributed by atoms with Crippen LogP contribution in [-0.2, 0) is 10.0 Å². The van der Waals surface area contributed by atoms with Crippen molar-refractivity contribution in [2.24, 2.45) is 0 Å². The Morgan fingerprint density at radius 1 is 0.897 bits per heavy atom. The lowest BCUT2D eigenvalue weighted by Gasteiger charge is -2.13. The summed E-state index contributed by atoms with van der Waals surface area (Å²) in [4.78, 5) is 12.8. The van der Waals surface area contributed by atoms with E-state index in [4.69, 9.17) is 4.74 Å². The van der Waals surface area contributed by atoms with Gasteiger partial charge in [-0.05, 0) is 55.3 Å². The van der Waals surface area contributed by atoms with Crippen molar-refractivity contribution in [3.8, 4) is 5.75 Å². The highest BCUT2D eigenvalue weighted by atomic mass is 32.2. The molecule has 0 saturated carbocycles. The Bertz CT molecular complexity index is 1160. The number of benzene rings is 3. The van der Waals surface area contributed by atoms with Crippen LogP contribution < -0.4 is 14.8 Å². The zero-order valence-electron chi connectivity index (χ0n) is 16.4. The molecule has 0 aliphatic rings. The Balaban J connectivity index is 1.89. The average Bonchev–Trinajstić information content (AvgIpc) is 2.70. The molecule has 2 N–H and O–H groups in total. The Labute approximate surface area is 170 Å². The third-order valence-electron chi connectivity index (χ3n) is 4.48. The molecule has 0 fully saturated rings. The second-order valence-corrected chi connectivity index (χ2v) is 8.27. The first-order valence-corrected chi connectivity index (χ1v) is 10.4. The highest BCUT2D eigenvalue weighted by molar-refractivity contribution is 7.92. The Kier molecular flexibility index (Phi) is 5.89. The van der Waals surface area contributed by atoms with Gasteiger partial charge in [0.15, 0.2) is 0 Å². The topological polar surface area (TPSA) is 84.5 Å². The van der Waals surface area contributed by atoms with E-state index in [1.807, 2.05) is 19.1 Å². The molecule has 29 heavy (non-hydrogen) atoms. The first kappa shape index (κ1) is 20.4. The van der Waals surface area contributed by atoms with Gasteiger partial charge in [0.05, 0.1) is 17.7 Å². The number of carbonyl (C=O) groups excluding carboxylic acids is 1. The van der Waals surface area contributed by atoms with Crippen LogP contribution in [-0.4, -0.2) is 21.4 Å². The largest absolute Gasteiger partial charge is 0.497 e. The Hall–Kier alpha value is -3.32. The van der Waals surface area contributed by atoms with Crippen molar-refractivity contribution in [2.75, 3.05) is 17.1 Å². The molecule has 0 atom stereocenters. The molecular weight excluding hydrogens is 388 g/mol. The molecule has 3 aromatic carbocycles. The van der Waals surface area contributed by atoms with E-state index in [9.17, 15) is 13.2 Å². The molecule has 0 bridgehead atoms. The quantitative estimate of drug-likeness (QED) is 0.632. The molecule has 6 nitrogen and oxygen atoms in total. The van der Waals surface area contributed by atoms with E-state index in [0.717, 1.165) is 5.56 Å². The number of methoxy groups -OCH3 is 1. The summed E-state index contributed by atoms with van der Waals surface area (Å²) >= 11 is 0. The van der Waals surface area contributed by atoms with Gasteiger partial charge in [0.1, 0.15) is 5.75 Å². The number of hydrogen-bond donors (Lipinski definition) is 2. The number of rotatable bonds is 6. The highest BCUT2D eigenvalue weighted by Gasteiger charge is 2.19. The van der Waals surface area contributed by atoms with Crippen molar-refractivity contribution >= 4 is 27.3 Å². The maximum Gasteiger partial charge on any atom is 0.261 e. The van der Waals surface area contributed by atoms with Crippen LogP contribution in [0.1, 0.15) is 21.5 Å². The van der Waals surface area contributed by atoms with Crippen LogP contribution in [0.15, 0.2) is 71.6 Å². The number of para-hydroxylation sites is 1. The van der Waals surface area contributed by atoms with Crippen LogP contribution in [0.2, 0.25) is 0 Å². The van der Waals surface area contributed by atoms with Crippen LogP contribution in [0.5, 0.6) is 5.75 Å². The number of anilines is 2. The maximum atomic E-state index is 12.8. The van der Waals surface area contributed by atoms with Crippen molar-refractivity contribution in [3.05, 3.63) is 83.4 Å². The molecule has 3 aromatic rings. The smallest absolute Gasteiger partial charge is 0.261 e. The van der Waals surface area contributed by atoms with E-state index in [2.05, 4.69) is 10.0 Å². The number of amides is 1. The predicted octanol–water partition coefficient (Wildman–Crippen LogP) is 4.37. The molecule has 0 aliphatic carbocycles. The van der Waals surface area contributed by atoms with Crippen molar-refractivity contribution in [1.82, 2.24) is 0 Å². The zero-order chi connectivity index (χ0) is 21.0. The minimum atomic E-state index is -3.84. The number of nitrogens with one attached hydrogen (secondary N) is 2. The minimum absolute atomic E-state index is 0.0159. The van der Waals surface area contributed by atoms with E-state index in [-0.39, 0.29) is 10.5 Å². The van der Waals surface area contributed by atoms with Gasteiger partial charge in [-0.2, -0.15) is 0 Å². The van der Waals surface area contributed by atoms with Gasteiger partial charge in [-0.15, -0.1) is 0 Å². The normalized spacial score (nSPS) is 11.0. The number of ether oxygens (including phenoxy) is 1. The summed E-state index contributed by atoms with van der Waals surface area (Å²) in [5, 5.41) is 2.78. The summed E-state index contributed by atoms with van der Waals surface area (Å²) < 4.78 is 33.4. The molecule has 0 unspecified atom stereocenters. The Morgan fingerprint density at radius 2 is 1.66 bits per heavy atom. The van der Waals surface area contributed by atoms with E-state index in [1.165, 1.54) is 12.1 Å². The monoisotopic (exact) mass is 410 g/mol. The van der Waals surface area contributed by atoms with Gasteiger partial charge >= 0.3 is 0 Å². The van der Waals surface area contributed by atoms with E-state index in [1.54, 1.807) is 56.5 Å². The third kappa shape index (κ3) is 4.75. The lowest BCUT2D eigenvalue weighted by Crippen LogP contribution is -2.17. The molecule has 150 valence electrons. The SMILES string of the molecule is COc1cccc(NC(=O)c2cc(S(=O)(=O)Nc3ccccc3C)ccc2C)c1. The summed E-state index contributed by atoms with van der Waals surface area (Å²) in [6.45, 7) is 3.58. The van der Waals surface area contributed by atoms with E-state index < -0.39 is 15.9 Å². The minimum Gasteiger partial charge on any atom is -0.497 e. The van der Waals surface area contributed by atoms with Crippen LogP contribution >= 0.6 is 0 Å². The lowest BCUT2D eigenvalue weighted by atomic mass is 10.1. The van der Waals surface area contributed by atoms with Gasteiger partial charge in [0.25, 0.3) is 15.9 Å². The molecule has 1 amide bonds. The fourth-order valence-electron chi connectivity index (χ4n) is 2.80. The predicted molar refractivity (Wildman–Crippen MR) is 114 cm³/mol. The van der Waals surface area contributed by atoms with Crippen molar-refractivity contribution < 1.29 is 17.9 Å². The number of hydrogen-bond acceptors (Lipinski definition) is 4. The molecule has 0 spiro atoms. The second kappa shape index (κ2) is 8.36. The van der Waals surface area contributed by atoms with Crippen molar-refractivity contribution in [3.63, 3.8) is 0 Å². The summed E-state index contributed by atoms with van der Waals surface area (Å²) in [7, 11) is -2.30. The molecule has 0 radical (unpaired) electrons. The van der Waals surface area contributed by atoms with Crippen LogP contribution in [0.3, 0.4) is 0 Å². The second-order valence-electron chi connectivity index (χ2n) is 6.58. The van der Waals surface area contributed by atoms with Crippen LogP contribution in [0.4, 0.5) is 11.4 Å². The lowest BCUT2D eigenvalue weighted by molar-refractivity contribution is 0.102. The number of sulfonamides is 1. The molecule has 7 heteroatoms. The molecule has 0 heterocycles. The van der Waals surface area contributed by atoms with Gasteiger partial charge in [-0.25, -0.2) is 8.42 Å². The first-order chi connectivity index (χ1) is 13.8. The van der Waals surface area contributed by atoms with Crippen molar-refractivity contribution in [1.29, 1.82) is 0 Å². The van der Waals surface area contributed by atoms with Gasteiger partial charge in [0, 0.05) is 17.3 Å². The highest BCUT2D eigenvalue weighted by Crippen LogP contribution is 2.23. The van der Waals surface area contributed by atoms with Gasteiger partial charge in [-0.1, -0.05) is 30.3 Å². The molecular formula is C22H22N2O4S. The van der Waals surface area contributed by atoms with Crippen LogP contribution in [0, 0.1) is 13.8 Å². The molecule has 3 rings (SSSR count). The number of carbonyl (C=O) groups is 1. The number of aryl methyl sites for hydroxylation is 2. The summed E-state index contributed by atoms with van der Waals surface area (Å²) in [5.74, 6) is 0.210. The zero-order valence-corrected chi connectivity index (χ0v) is 17.2. The maximum absolute atomic E-state index is 12.8.